The molecule has 1 unspecified atom stereocenters. The third-order valence-electron chi connectivity index (χ3n) is 4.31. The minimum Gasteiger partial charge on any atom is -0.326 e. The molecular formula is C20H26N2O3S. The van der Waals surface area contributed by atoms with Crippen molar-refractivity contribution in [2.24, 2.45) is 0 Å². The summed E-state index contributed by atoms with van der Waals surface area (Å²) in [6.45, 7) is 3.78. The molecule has 0 radical (unpaired) electrons. The largest absolute Gasteiger partial charge is 0.326 e. The Labute approximate surface area is 156 Å². The van der Waals surface area contributed by atoms with E-state index in [1.165, 1.54) is 24.5 Å². The number of sulfonamides is 1. The summed E-state index contributed by atoms with van der Waals surface area (Å²) < 4.78 is 26.1. The van der Waals surface area contributed by atoms with Crippen LogP contribution in [0.2, 0.25) is 0 Å². The maximum Gasteiger partial charge on any atom is 0.242 e. The summed E-state index contributed by atoms with van der Waals surface area (Å²) in [5, 5.41) is 2.88. The van der Waals surface area contributed by atoms with E-state index < -0.39 is 10.0 Å². The number of anilines is 1. The van der Waals surface area contributed by atoms with Crippen molar-refractivity contribution in [3.8, 4) is 0 Å². The van der Waals surface area contributed by atoms with E-state index in [1.54, 1.807) is 19.1 Å². The second-order valence-corrected chi connectivity index (χ2v) is 8.63. The molecule has 26 heavy (non-hydrogen) atoms. The van der Waals surface area contributed by atoms with Crippen molar-refractivity contribution < 1.29 is 13.2 Å². The molecule has 2 aromatic rings. The standard InChI is InChI=1S/C20H26N2O3S/c1-5-9-18(16-10-7-6-8-11-16)20(23)21-17-13-12-15(2)19(14-17)26(24,25)22(3)4/h6-8,10-14,18H,5,9H2,1-4H3,(H,21,23). The third-order valence-corrected chi connectivity index (χ3v) is 6.27. The number of carbonyl (C=O) groups excluding carboxylic acids is 1. The first-order valence-electron chi connectivity index (χ1n) is 8.66. The fourth-order valence-electron chi connectivity index (χ4n) is 2.80. The van der Waals surface area contributed by atoms with Gasteiger partial charge in [-0.15, -0.1) is 0 Å². The smallest absolute Gasteiger partial charge is 0.242 e. The van der Waals surface area contributed by atoms with E-state index >= 15 is 0 Å². The second-order valence-electron chi connectivity index (χ2n) is 6.51. The first-order valence-corrected chi connectivity index (χ1v) is 10.1. The summed E-state index contributed by atoms with van der Waals surface area (Å²) in [5.74, 6) is -0.397. The number of rotatable bonds is 7. The molecule has 1 amide bonds. The van der Waals surface area contributed by atoms with E-state index in [0.717, 1.165) is 18.4 Å². The van der Waals surface area contributed by atoms with Crippen molar-refractivity contribution >= 4 is 21.6 Å². The maximum atomic E-state index is 12.8. The van der Waals surface area contributed by atoms with Crippen LogP contribution in [-0.2, 0) is 14.8 Å². The summed E-state index contributed by atoms with van der Waals surface area (Å²) in [6.07, 6.45) is 1.60. The molecule has 1 N–H and O–H groups in total. The van der Waals surface area contributed by atoms with Crippen LogP contribution in [0.3, 0.4) is 0 Å². The summed E-state index contributed by atoms with van der Waals surface area (Å²) in [5.41, 5.74) is 2.09. The van der Waals surface area contributed by atoms with Crippen molar-refractivity contribution in [1.29, 1.82) is 0 Å². The van der Waals surface area contributed by atoms with Crippen LogP contribution < -0.4 is 5.32 Å². The molecule has 0 aliphatic heterocycles. The highest BCUT2D eigenvalue weighted by atomic mass is 32.2. The van der Waals surface area contributed by atoms with Gasteiger partial charge in [0.2, 0.25) is 15.9 Å². The van der Waals surface area contributed by atoms with Gasteiger partial charge in [0, 0.05) is 19.8 Å². The number of benzene rings is 2. The molecule has 2 aromatic carbocycles. The van der Waals surface area contributed by atoms with Crippen molar-refractivity contribution in [3.63, 3.8) is 0 Å². The molecule has 0 bridgehead atoms. The van der Waals surface area contributed by atoms with Gasteiger partial charge in [-0.3, -0.25) is 4.79 Å². The van der Waals surface area contributed by atoms with Crippen molar-refractivity contribution in [2.45, 2.75) is 37.5 Å². The summed E-state index contributed by atoms with van der Waals surface area (Å²) in [4.78, 5) is 13.0. The van der Waals surface area contributed by atoms with Gasteiger partial charge < -0.3 is 5.32 Å². The Balaban J connectivity index is 2.31. The van der Waals surface area contributed by atoms with Gasteiger partial charge in [-0.25, -0.2) is 12.7 Å². The zero-order valence-electron chi connectivity index (χ0n) is 15.7. The van der Waals surface area contributed by atoms with Crippen LogP contribution in [-0.4, -0.2) is 32.7 Å². The number of aryl methyl sites for hydroxylation is 1. The monoisotopic (exact) mass is 374 g/mol. The lowest BCUT2D eigenvalue weighted by atomic mass is 9.93. The Morgan fingerprint density at radius 3 is 2.35 bits per heavy atom. The Morgan fingerprint density at radius 1 is 1.12 bits per heavy atom. The minimum atomic E-state index is -3.57. The molecule has 1 atom stereocenters. The first-order chi connectivity index (χ1) is 12.3. The number of amides is 1. The van der Waals surface area contributed by atoms with Crippen LogP contribution in [0.25, 0.3) is 0 Å². The lowest BCUT2D eigenvalue weighted by Crippen LogP contribution is -2.24. The van der Waals surface area contributed by atoms with Gasteiger partial charge in [-0.2, -0.15) is 0 Å². The Bertz CT molecular complexity index is 862. The second kappa shape index (κ2) is 8.47. The van der Waals surface area contributed by atoms with E-state index in [9.17, 15) is 13.2 Å². The molecule has 0 spiro atoms. The van der Waals surface area contributed by atoms with Crippen LogP contribution in [0.15, 0.2) is 53.4 Å². The Hall–Kier alpha value is -2.18. The Morgan fingerprint density at radius 2 is 1.77 bits per heavy atom. The van der Waals surface area contributed by atoms with Crippen LogP contribution in [0.1, 0.15) is 36.8 Å². The zero-order valence-corrected chi connectivity index (χ0v) is 16.5. The first kappa shape index (κ1) is 20.1. The number of nitrogens with zero attached hydrogens (tertiary/aromatic N) is 1. The molecule has 0 saturated heterocycles. The molecule has 0 aliphatic carbocycles. The predicted molar refractivity (Wildman–Crippen MR) is 105 cm³/mol. The SMILES string of the molecule is CCCC(C(=O)Nc1ccc(C)c(S(=O)(=O)N(C)C)c1)c1ccccc1. The van der Waals surface area contributed by atoms with Crippen molar-refractivity contribution in [2.75, 3.05) is 19.4 Å². The average molecular weight is 375 g/mol. The lowest BCUT2D eigenvalue weighted by Gasteiger charge is -2.18. The van der Waals surface area contributed by atoms with Gasteiger partial charge in [0.25, 0.3) is 0 Å². The van der Waals surface area contributed by atoms with E-state index in [4.69, 9.17) is 0 Å². The van der Waals surface area contributed by atoms with Gasteiger partial charge in [0.1, 0.15) is 0 Å². The highest BCUT2D eigenvalue weighted by Crippen LogP contribution is 2.26. The fraction of sp³-hybridized carbons (Fsp3) is 0.350. The normalized spacial score (nSPS) is 12.8. The molecule has 5 nitrogen and oxygen atoms in total. The molecule has 140 valence electrons. The molecule has 0 saturated carbocycles. The van der Waals surface area contributed by atoms with E-state index in [2.05, 4.69) is 5.32 Å². The molecule has 6 heteroatoms. The van der Waals surface area contributed by atoms with Crippen molar-refractivity contribution in [3.05, 3.63) is 59.7 Å². The van der Waals surface area contributed by atoms with Crippen LogP contribution >= 0.6 is 0 Å². The van der Waals surface area contributed by atoms with E-state index in [0.29, 0.717) is 11.3 Å². The van der Waals surface area contributed by atoms with Gasteiger partial charge in [0.15, 0.2) is 0 Å². The Kier molecular flexibility index (Phi) is 6.56. The molecule has 0 aliphatic rings. The zero-order chi connectivity index (χ0) is 19.3. The van der Waals surface area contributed by atoms with Crippen LogP contribution in [0, 0.1) is 6.92 Å². The predicted octanol–water partition coefficient (Wildman–Crippen LogP) is 3.77. The van der Waals surface area contributed by atoms with Gasteiger partial charge in [-0.05, 0) is 36.6 Å². The fourth-order valence-corrected chi connectivity index (χ4v) is 3.95. The van der Waals surface area contributed by atoms with Crippen molar-refractivity contribution in [1.82, 2.24) is 4.31 Å². The summed E-state index contributed by atoms with van der Waals surface area (Å²) in [7, 11) is -0.581. The minimum absolute atomic E-state index is 0.130. The highest BCUT2D eigenvalue weighted by molar-refractivity contribution is 7.89. The number of carbonyl (C=O) groups is 1. The van der Waals surface area contributed by atoms with E-state index in [1.807, 2.05) is 37.3 Å². The van der Waals surface area contributed by atoms with E-state index in [-0.39, 0.29) is 16.7 Å². The molecule has 0 fully saturated rings. The summed E-state index contributed by atoms with van der Waals surface area (Å²) in [6, 6.07) is 14.6. The third kappa shape index (κ3) is 4.51. The topological polar surface area (TPSA) is 66.5 Å². The highest BCUT2D eigenvalue weighted by Gasteiger charge is 2.23. The number of hydrogen-bond donors (Lipinski definition) is 1. The molecule has 0 heterocycles. The average Bonchev–Trinajstić information content (AvgIpc) is 2.61. The van der Waals surface area contributed by atoms with Gasteiger partial charge >= 0.3 is 0 Å². The van der Waals surface area contributed by atoms with Gasteiger partial charge in [-0.1, -0.05) is 49.7 Å². The number of nitrogens with one attached hydrogen (secondary N) is 1. The quantitative estimate of drug-likeness (QED) is 0.802. The summed E-state index contributed by atoms with van der Waals surface area (Å²) >= 11 is 0. The van der Waals surface area contributed by atoms with Crippen LogP contribution in [0.5, 0.6) is 0 Å². The number of hydrogen-bond acceptors (Lipinski definition) is 3. The maximum absolute atomic E-state index is 12.8. The van der Waals surface area contributed by atoms with Gasteiger partial charge in [0.05, 0.1) is 10.8 Å². The van der Waals surface area contributed by atoms with Crippen LogP contribution in [0.4, 0.5) is 5.69 Å². The molecule has 2 rings (SSSR count). The molecule has 0 aromatic heterocycles. The lowest BCUT2D eigenvalue weighted by molar-refractivity contribution is -0.117. The molecular weight excluding hydrogens is 348 g/mol.